The van der Waals surface area contributed by atoms with Crippen molar-refractivity contribution in [2.75, 3.05) is 32.8 Å². The lowest BCUT2D eigenvalue weighted by atomic mass is 9.90. The zero-order valence-electron chi connectivity index (χ0n) is 17.9. The predicted octanol–water partition coefficient (Wildman–Crippen LogP) is 3.10. The molecule has 0 bridgehead atoms. The van der Waals surface area contributed by atoms with Gasteiger partial charge in [-0.2, -0.15) is 5.10 Å². The van der Waals surface area contributed by atoms with Crippen LogP contribution in [-0.4, -0.2) is 59.5 Å². The third-order valence-electron chi connectivity index (χ3n) is 6.55. The van der Waals surface area contributed by atoms with Gasteiger partial charge >= 0.3 is 0 Å². The average Bonchev–Trinajstić information content (AvgIpc) is 3.13. The number of hydrogen-bond acceptors (Lipinski definition) is 4. The fraction of sp³-hybridized carbons (Fsp3) is 0.739. The monoisotopic (exact) mass is 400 g/mol. The molecule has 3 aliphatic rings. The van der Waals surface area contributed by atoms with Crippen LogP contribution in [0, 0.1) is 0 Å². The van der Waals surface area contributed by atoms with E-state index in [4.69, 9.17) is 9.84 Å². The number of aromatic nitrogens is 2. The number of nitrogens with zero attached hydrogens (tertiary/aromatic N) is 3. The fourth-order valence-corrected chi connectivity index (χ4v) is 4.92. The highest BCUT2D eigenvalue weighted by Gasteiger charge is 2.31. The molecule has 1 N–H and O–H groups in total. The molecule has 1 amide bonds. The van der Waals surface area contributed by atoms with Gasteiger partial charge in [-0.25, -0.2) is 0 Å². The predicted molar refractivity (Wildman–Crippen MR) is 114 cm³/mol. The van der Waals surface area contributed by atoms with Gasteiger partial charge in [0.1, 0.15) is 0 Å². The van der Waals surface area contributed by atoms with Crippen molar-refractivity contribution in [2.24, 2.45) is 0 Å². The van der Waals surface area contributed by atoms with Crippen LogP contribution in [0.1, 0.15) is 73.6 Å². The van der Waals surface area contributed by atoms with Crippen LogP contribution in [0.2, 0.25) is 0 Å². The van der Waals surface area contributed by atoms with Gasteiger partial charge in [0.25, 0.3) is 5.91 Å². The topological polar surface area (TPSA) is 59.4 Å². The van der Waals surface area contributed by atoms with Crippen molar-refractivity contribution < 1.29 is 9.53 Å². The Morgan fingerprint density at radius 1 is 1.28 bits per heavy atom. The fourth-order valence-electron chi connectivity index (χ4n) is 4.92. The van der Waals surface area contributed by atoms with Gasteiger partial charge < -0.3 is 15.0 Å². The third-order valence-corrected chi connectivity index (χ3v) is 6.55. The Morgan fingerprint density at radius 3 is 2.90 bits per heavy atom. The van der Waals surface area contributed by atoms with Crippen molar-refractivity contribution in [3.63, 3.8) is 0 Å². The normalized spacial score (nSPS) is 22.3. The third kappa shape index (κ3) is 4.92. The Balaban J connectivity index is 1.43. The van der Waals surface area contributed by atoms with Gasteiger partial charge in [0.05, 0.1) is 13.2 Å². The molecular weight excluding hydrogens is 364 g/mol. The second kappa shape index (κ2) is 9.90. The second-order valence-electron chi connectivity index (χ2n) is 8.65. The smallest absolute Gasteiger partial charge is 0.274 e. The van der Waals surface area contributed by atoms with Gasteiger partial charge in [-0.1, -0.05) is 18.6 Å². The van der Waals surface area contributed by atoms with E-state index in [1.165, 1.54) is 36.9 Å². The molecule has 0 spiro atoms. The minimum absolute atomic E-state index is 0.0902. The van der Waals surface area contributed by atoms with Crippen LogP contribution in [0.3, 0.4) is 0 Å². The van der Waals surface area contributed by atoms with E-state index in [-0.39, 0.29) is 5.91 Å². The Labute approximate surface area is 174 Å². The van der Waals surface area contributed by atoms with E-state index in [0.717, 1.165) is 45.2 Å². The summed E-state index contributed by atoms with van der Waals surface area (Å²) in [5.41, 5.74) is 4.79. The number of carbonyl (C=O) groups is 1. The maximum absolute atomic E-state index is 13.2. The summed E-state index contributed by atoms with van der Waals surface area (Å²) >= 11 is 0. The van der Waals surface area contributed by atoms with E-state index in [9.17, 15) is 4.79 Å². The highest BCUT2D eigenvalue weighted by molar-refractivity contribution is 5.94. The van der Waals surface area contributed by atoms with Crippen molar-refractivity contribution in [1.29, 1.82) is 0 Å². The molecule has 4 rings (SSSR count). The first-order valence-electron chi connectivity index (χ1n) is 11.6. The summed E-state index contributed by atoms with van der Waals surface area (Å²) in [5.74, 6) is 0.0902. The van der Waals surface area contributed by atoms with Gasteiger partial charge in [-0.05, 0) is 64.3 Å². The van der Waals surface area contributed by atoms with Gasteiger partial charge in [-0.3, -0.25) is 9.48 Å². The number of nitrogens with one attached hydrogen (secondary N) is 1. The molecule has 160 valence electrons. The summed E-state index contributed by atoms with van der Waals surface area (Å²) in [6.07, 6.45) is 12.9. The number of hydrogen-bond donors (Lipinski definition) is 1. The van der Waals surface area contributed by atoms with Crippen LogP contribution in [0.15, 0.2) is 11.6 Å². The Bertz CT molecular complexity index is 733. The summed E-state index contributed by atoms with van der Waals surface area (Å²) in [7, 11) is 0. The van der Waals surface area contributed by atoms with Crippen LogP contribution in [-0.2, 0) is 24.1 Å². The van der Waals surface area contributed by atoms with Gasteiger partial charge in [0, 0.05) is 36.9 Å². The molecule has 2 aliphatic carbocycles. The van der Waals surface area contributed by atoms with Crippen molar-refractivity contribution in [1.82, 2.24) is 20.0 Å². The molecule has 6 nitrogen and oxygen atoms in total. The quantitative estimate of drug-likeness (QED) is 0.715. The van der Waals surface area contributed by atoms with Crippen molar-refractivity contribution in [3.05, 3.63) is 28.6 Å². The first kappa shape index (κ1) is 20.6. The first-order valence-corrected chi connectivity index (χ1v) is 11.6. The number of rotatable bonds is 7. The van der Waals surface area contributed by atoms with Gasteiger partial charge in [0.15, 0.2) is 5.69 Å². The molecule has 0 saturated carbocycles. The largest absolute Gasteiger partial charge is 0.378 e. The van der Waals surface area contributed by atoms with E-state index in [1.54, 1.807) is 5.57 Å². The lowest BCUT2D eigenvalue weighted by Gasteiger charge is -2.28. The Kier molecular flexibility index (Phi) is 7.03. The number of carbonyl (C=O) groups excluding carboxylic acids is 1. The molecule has 1 aliphatic heterocycles. The highest BCUT2D eigenvalue weighted by Crippen LogP contribution is 2.27. The molecule has 29 heavy (non-hydrogen) atoms. The summed E-state index contributed by atoms with van der Waals surface area (Å²) in [5, 5.41) is 8.57. The molecule has 0 radical (unpaired) electrons. The SMILES string of the molecule is CCCn1nc(C(=O)N2CCOCC2)c2c1CC[C@H](NCCC1=CCCCC1)C2. The van der Waals surface area contributed by atoms with Crippen molar-refractivity contribution >= 4 is 5.91 Å². The summed E-state index contributed by atoms with van der Waals surface area (Å²) in [6, 6.07) is 0.446. The average molecular weight is 401 g/mol. The maximum Gasteiger partial charge on any atom is 0.274 e. The van der Waals surface area contributed by atoms with E-state index >= 15 is 0 Å². The number of allylic oxidation sites excluding steroid dienone is 1. The lowest BCUT2D eigenvalue weighted by molar-refractivity contribution is 0.0297. The number of fused-ring (bicyclic) bond motifs is 1. The van der Waals surface area contributed by atoms with Crippen molar-refractivity contribution in [3.8, 4) is 0 Å². The van der Waals surface area contributed by atoms with E-state index in [1.807, 2.05) is 4.90 Å². The summed E-state index contributed by atoms with van der Waals surface area (Å²) < 4.78 is 7.52. The standard InChI is InChI=1S/C23H36N4O2/c1-2-12-27-21-9-8-19(24-11-10-18-6-4-3-5-7-18)17-20(21)22(25-27)23(28)26-13-15-29-16-14-26/h6,19,24H,2-5,7-17H2,1H3/t19-/m0/s1. The van der Waals surface area contributed by atoms with E-state index < -0.39 is 0 Å². The zero-order chi connectivity index (χ0) is 20.1. The molecule has 1 aromatic rings. The number of morpholine rings is 1. The van der Waals surface area contributed by atoms with Gasteiger partial charge in [0.2, 0.25) is 0 Å². The van der Waals surface area contributed by atoms with Crippen molar-refractivity contribution in [2.45, 2.75) is 77.3 Å². The molecule has 1 atom stereocenters. The number of ether oxygens (including phenoxy) is 1. The lowest BCUT2D eigenvalue weighted by Crippen LogP contribution is -2.42. The van der Waals surface area contributed by atoms with Crippen LogP contribution in [0.25, 0.3) is 0 Å². The van der Waals surface area contributed by atoms with Crippen LogP contribution < -0.4 is 5.32 Å². The Hall–Kier alpha value is -1.66. The molecule has 6 heteroatoms. The van der Waals surface area contributed by atoms with E-state index in [2.05, 4.69) is 23.0 Å². The minimum Gasteiger partial charge on any atom is -0.378 e. The van der Waals surface area contributed by atoms with Crippen LogP contribution in [0.5, 0.6) is 0 Å². The van der Waals surface area contributed by atoms with E-state index in [0.29, 0.717) is 38.0 Å². The Morgan fingerprint density at radius 2 is 2.14 bits per heavy atom. The molecule has 1 aromatic heterocycles. The highest BCUT2D eigenvalue weighted by atomic mass is 16.5. The minimum atomic E-state index is 0.0902. The number of aryl methyl sites for hydroxylation is 1. The molecule has 1 fully saturated rings. The molecule has 0 unspecified atom stereocenters. The number of amides is 1. The van der Waals surface area contributed by atoms with Gasteiger partial charge in [-0.15, -0.1) is 0 Å². The zero-order valence-corrected chi connectivity index (χ0v) is 17.9. The molecule has 2 heterocycles. The second-order valence-corrected chi connectivity index (χ2v) is 8.65. The summed E-state index contributed by atoms with van der Waals surface area (Å²) in [6.45, 7) is 6.71. The molecular formula is C23H36N4O2. The maximum atomic E-state index is 13.2. The first-order chi connectivity index (χ1) is 14.3. The molecule has 1 saturated heterocycles. The van der Waals surface area contributed by atoms with Crippen LogP contribution >= 0.6 is 0 Å². The molecule has 0 aromatic carbocycles. The van der Waals surface area contributed by atoms with Crippen LogP contribution in [0.4, 0.5) is 0 Å². The summed E-state index contributed by atoms with van der Waals surface area (Å²) in [4.78, 5) is 15.1.